The first-order valence-corrected chi connectivity index (χ1v) is 6.69. The predicted octanol–water partition coefficient (Wildman–Crippen LogP) is 2.93. The molecular formula is C14H18N2OS. The molecule has 0 radical (unpaired) electrons. The molecule has 0 aliphatic heterocycles. The zero-order valence-electron chi connectivity index (χ0n) is 10.9. The number of benzene rings is 1. The zero-order valence-corrected chi connectivity index (χ0v) is 11.7. The fourth-order valence-electron chi connectivity index (χ4n) is 2.06. The van der Waals surface area contributed by atoms with Gasteiger partial charge in [-0.25, -0.2) is 5.43 Å². The normalized spacial score (nSPS) is 12.4. The Balaban J connectivity index is 2.47. The summed E-state index contributed by atoms with van der Waals surface area (Å²) in [6, 6.07) is 8.24. The Bertz CT molecular complexity index is 536. The Labute approximate surface area is 112 Å². The number of methoxy groups -OCH3 is 1. The average Bonchev–Trinajstić information content (AvgIpc) is 2.77. The van der Waals surface area contributed by atoms with Crippen LogP contribution in [0.1, 0.15) is 27.6 Å². The fraction of sp³-hybridized carbons (Fsp3) is 0.286. The molecule has 3 N–H and O–H groups in total. The molecule has 2 aromatic rings. The molecule has 2 rings (SSSR count). The summed E-state index contributed by atoms with van der Waals surface area (Å²) in [5.74, 6) is 6.57. The minimum atomic E-state index is -0.0372. The second-order valence-electron chi connectivity index (χ2n) is 4.34. The zero-order chi connectivity index (χ0) is 13.1. The lowest BCUT2D eigenvalue weighted by Crippen LogP contribution is -2.28. The summed E-state index contributed by atoms with van der Waals surface area (Å²) < 4.78 is 5.42. The summed E-state index contributed by atoms with van der Waals surface area (Å²) in [5, 5.41) is 2.13. The van der Waals surface area contributed by atoms with E-state index in [-0.39, 0.29) is 6.04 Å². The SMILES string of the molecule is COc1ccc(C)cc1C(NN)c1csc(C)c1. The standard InChI is InChI=1S/C14H18N2OS/c1-9-4-5-13(17-3)12(6-9)14(16-15)11-7-10(2)18-8-11/h4-8,14,16H,15H2,1-3H3. The first-order valence-electron chi connectivity index (χ1n) is 5.81. The summed E-state index contributed by atoms with van der Waals surface area (Å²) >= 11 is 1.72. The lowest BCUT2D eigenvalue weighted by molar-refractivity contribution is 0.404. The van der Waals surface area contributed by atoms with Crippen LogP contribution in [0, 0.1) is 13.8 Å². The lowest BCUT2D eigenvalue weighted by Gasteiger charge is -2.19. The number of aryl methyl sites for hydroxylation is 2. The number of nitrogens with one attached hydrogen (secondary N) is 1. The van der Waals surface area contributed by atoms with E-state index in [4.69, 9.17) is 10.6 Å². The lowest BCUT2D eigenvalue weighted by atomic mass is 9.99. The number of rotatable bonds is 4. The molecule has 1 atom stereocenters. The van der Waals surface area contributed by atoms with Crippen molar-refractivity contribution in [2.75, 3.05) is 7.11 Å². The van der Waals surface area contributed by atoms with Crippen LogP contribution in [0.5, 0.6) is 5.75 Å². The third-order valence-corrected chi connectivity index (χ3v) is 3.83. The summed E-state index contributed by atoms with van der Waals surface area (Å²) in [5.41, 5.74) is 6.31. The maximum atomic E-state index is 5.72. The van der Waals surface area contributed by atoms with Crippen molar-refractivity contribution in [3.63, 3.8) is 0 Å². The Morgan fingerprint density at radius 1 is 1.28 bits per heavy atom. The van der Waals surface area contributed by atoms with Crippen LogP contribution in [0.15, 0.2) is 29.6 Å². The minimum Gasteiger partial charge on any atom is -0.496 e. The second-order valence-corrected chi connectivity index (χ2v) is 5.45. The van der Waals surface area contributed by atoms with Gasteiger partial charge >= 0.3 is 0 Å². The molecule has 1 aromatic carbocycles. The van der Waals surface area contributed by atoms with E-state index < -0.39 is 0 Å². The number of hydrogen-bond donors (Lipinski definition) is 2. The topological polar surface area (TPSA) is 47.3 Å². The number of thiophene rings is 1. The highest BCUT2D eigenvalue weighted by Crippen LogP contribution is 2.32. The van der Waals surface area contributed by atoms with Gasteiger partial charge in [0.2, 0.25) is 0 Å². The van der Waals surface area contributed by atoms with Crippen molar-refractivity contribution in [2.24, 2.45) is 5.84 Å². The quantitative estimate of drug-likeness (QED) is 0.658. The highest BCUT2D eigenvalue weighted by molar-refractivity contribution is 7.10. The van der Waals surface area contributed by atoms with Gasteiger partial charge in [0.1, 0.15) is 5.75 Å². The molecule has 0 aliphatic rings. The highest BCUT2D eigenvalue weighted by atomic mass is 32.1. The van der Waals surface area contributed by atoms with E-state index in [2.05, 4.69) is 36.8 Å². The first kappa shape index (κ1) is 13.1. The highest BCUT2D eigenvalue weighted by Gasteiger charge is 2.18. The summed E-state index contributed by atoms with van der Waals surface area (Å²) in [7, 11) is 1.68. The molecule has 96 valence electrons. The van der Waals surface area contributed by atoms with Crippen molar-refractivity contribution in [2.45, 2.75) is 19.9 Å². The molecule has 0 aliphatic carbocycles. The first-order chi connectivity index (χ1) is 8.65. The van der Waals surface area contributed by atoms with Crippen LogP contribution in [0.4, 0.5) is 0 Å². The molecule has 1 unspecified atom stereocenters. The minimum absolute atomic E-state index is 0.0372. The van der Waals surface area contributed by atoms with Gasteiger partial charge in [-0.2, -0.15) is 0 Å². The van der Waals surface area contributed by atoms with E-state index in [0.29, 0.717) is 0 Å². The van der Waals surface area contributed by atoms with Gasteiger partial charge in [0.15, 0.2) is 0 Å². The second kappa shape index (κ2) is 5.52. The van der Waals surface area contributed by atoms with E-state index in [1.807, 2.05) is 12.1 Å². The van der Waals surface area contributed by atoms with Crippen LogP contribution in [0.3, 0.4) is 0 Å². The molecule has 3 nitrogen and oxygen atoms in total. The molecular weight excluding hydrogens is 244 g/mol. The molecule has 4 heteroatoms. The average molecular weight is 262 g/mol. The molecule has 0 bridgehead atoms. The summed E-state index contributed by atoms with van der Waals surface area (Å²) in [4.78, 5) is 1.27. The van der Waals surface area contributed by atoms with E-state index in [0.717, 1.165) is 11.3 Å². The van der Waals surface area contributed by atoms with Gasteiger partial charge in [-0.05, 0) is 36.9 Å². The van der Waals surface area contributed by atoms with Gasteiger partial charge in [-0.15, -0.1) is 11.3 Å². The van der Waals surface area contributed by atoms with Gasteiger partial charge < -0.3 is 4.74 Å². The summed E-state index contributed by atoms with van der Waals surface area (Å²) in [6.45, 7) is 4.16. The smallest absolute Gasteiger partial charge is 0.124 e. The molecule has 18 heavy (non-hydrogen) atoms. The number of hydrazine groups is 1. The largest absolute Gasteiger partial charge is 0.496 e. The maximum absolute atomic E-state index is 5.72. The third kappa shape index (κ3) is 2.56. The van der Waals surface area contributed by atoms with E-state index in [1.165, 1.54) is 16.0 Å². The van der Waals surface area contributed by atoms with Gasteiger partial charge in [0.05, 0.1) is 13.2 Å². The van der Waals surface area contributed by atoms with Crippen molar-refractivity contribution in [3.8, 4) is 5.75 Å². The number of ether oxygens (including phenoxy) is 1. The van der Waals surface area contributed by atoms with Crippen LogP contribution >= 0.6 is 11.3 Å². The molecule has 0 spiro atoms. The molecule has 0 fully saturated rings. The third-order valence-electron chi connectivity index (χ3n) is 2.95. The van der Waals surface area contributed by atoms with E-state index in [9.17, 15) is 0 Å². The predicted molar refractivity (Wildman–Crippen MR) is 76.0 cm³/mol. The van der Waals surface area contributed by atoms with Crippen molar-refractivity contribution in [1.82, 2.24) is 5.43 Å². The molecule has 0 saturated carbocycles. The van der Waals surface area contributed by atoms with Crippen molar-refractivity contribution in [3.05, 3.63) is 51.2 Å². The van der Waals surface area contributed by atoms with Gasteiger partial charge in [-0.1, -0.05) is 17.7 Å². The molecule has 1 aromatic heterocycles. The van der Waals surface area contributed by atoms with Gasteiger partial charge in [0.25, 0.3) is 0 Å². The van der Waals surface area contributed by atoms with Crippen LogP contribution in [0.2, 0.25) is 0 Å². The van der Waals surface area contributed by atoms with Crippen molar-refractivity contribution in [1.29, 1.82) is 0 Å². The summed E-state index contributed by atoms with van der Waals surface area (Å²) in [6.07, 6.45) is 0. The van der Waals surface area contributed by atoms with Gasteiger partial charge in [-0.3, -0.25) is 5.84 Å². The van der Waals surface area contributed by atoms with Crippen LogP contribution < -0.4 is 16.0 Å². The van der Waals surface area contributed by atoms with Gasteiger partial charge in [0, 0.05) is 10.4 Å². The van der Waals surface area contributed by atoms with Crippen LogP contribution in [0.25, 0.3) is 0 Å². The Morgan fingerprint density at radius 3 is 2.61 bits per heavy atom. The number of hydrogen-bond acceptors (Lipinski definition) is 4. The molecule has 0 saturated heterocycles. The van der Waals surface area contributed by atoms with E-state index >= 15 is 0 Å². The number of nitrogens with two attached hydrogens (primary N) is 1. The van der Waals surface area contributed by atoms with Crippen LogP contribution in [-0.4, -0.2) is 7.11 Å². The van der Waals surface area contributed by atoms with Crippen LogP contribution in [-0.2, 0) is 0 Å². The molecule has 1 heterocycles. The maximum Gasteiger partial charge on any atom is 0.124 e. The van der Waals surface area contributed by atoms with Crippen molar-refractivity contribution < 1.29 is 4.74 Å². The van der Waals surface area contributed by atoms with E-state index in [1.54, 1.807) is 18.4 Å². The molecule has 0 amide bonds. The monoisotopic (exact) mass is 262 g/mol. The Hall–Kier alpha value is -1.36. The van der Waals surface area contributed by atoms with Crippen molar-refractivity contribution >= 4 is 11.3 Å². The Kier molecular flexibility index (Phi) is 4.01. The Morgan fingerprint density at radius 2 is 2.06 bits per heavy atom. The fourth-order valence-corrected chi connectivity index (χ4v) is 2.79.